The summed E-state index contributed by atoms with van der Waals surface area (Å²) >= 11 is 0. The fourth-order valence-electron chi connectivity index (χ4n) is 7.88. The smallest absolute Gasteiger partial charge is 0.212 e. The van der Waals surface area contributed by atoms with Gasteiger partial charge in [-0.3, -0.25) is 0 Å². The van der Waals surface area contributed by atoms with Gasteiger partial charge in [0, 0.05) is 71.8 Å². The molecule has 0 saturated heterocycles. The molecule has 7 rings (SSSR count). The number of fused-ring (bicyclic) bond motifs is 3. The molecule has 0 unspecified atom stereocenters. The third-order valence-electron chi connectivity index (χ3n) is 10.6. The molecule has 4 aromatic carbocycles. The molecule has 0 bridgehead atoms. The number of hydrogen-bond donors (Lipinski definition) is 0. The Kier molecular flexibility index (Phi) is 18.3. The van der Waals surface area contributed by atoms with E-state index in [1.54, 1.807) is 0 Å². The minimum absolute atomic E-state index is 0. The van der Waals surface area contributed by atoms with Crippen LogP contribution >= 0.6 is 0 Å². The molecule has 3 nitrogen and oxygen atoms in total. The SMILES string of the molecule is [Br-].[Br-].[Br-].c1ccc2c(c1)ccc[n+]2CCCCCc1cc(CCCCC[n+]2cccc3ccccc32)cc(CCCCC[n+]2cccc3ccccc32)c1. The van der Waals surface area contributed by atoms with Crippen LogP contribution in [0.1, 0.15) is 74.5 Å². The number of halogens is 3. The van der Waals surface area contributed by atoms with Crippen LogP contribution in [0.5, 0.6) is 0 Å². The summed E-state index contributed by atoms with van der Waals surface area (Å²) < 4.78 is 7.27. The Bertz CT molecular complexity index is 1910. The monoisotopic (exact) mass is 909 g/mol. The topological polar surface area (TPSA) is 11.6 Å². The van der Waals surface area contributed by atoms with Crippen LogP contribution in [0, 0.1) is 0 Å². The van der Waals surface area contributed by atoms with E-state index in [0.717, 1.165) is 19.6 Å². The van der Waals surface area contributed by atoms with Crippen LogP contribution in [0.15, 0.2) is 146 Å². The highest BCUT2D eigenvalue weighted by Gasteiger charge is 2.11. The van der Waals surface area contributed by atoms with Gasteiger partial charge in [0.1, 0.15) is 19.6 Å². The first-order chi connectivity index (χ1) is 25.3. The summed E-state index contributed by atoms with van der Waals surface area (Å²) in [7, 11) is 0. The highest BCUT2D eigenvalue weighted by molar-refractivity contribution is 5.76. The molecule has 0 spiro atoms. The summed E-state index contributed by atoms with van der Waals surface area (Å²) in [5, 5.41) is 3.97. The second-order valence-corrected chi connectivity index (χ2v) is 14.4. The minimum Gasteiger partial charge on any atom is -1.00 e. The number of aryl methyl sites for hydroxylation is 6. The first-order valence-electron chi connectivity index (χ1n) is 19.5. The molecule has 282 valence electrons. The van der Waals surface area contributed by atoms with E-state index in [1.807, 2.05) is 0 Å². The first kappa shape index (κ1) is 43.3. The maximum Gasteiger partial charge on any atom is 0.212 e. The number of para-hydroxylation sites is 3. The summed E-state index contributed by atoms with van der Waals surface area (Å²) in [6.45, 7) is 3.25. The zero-order valence-corrected chi connectivity index (χ0v) is 36.2. The molecule has 0 radical (unpaired) electrons. The van der Waals surface area contributed by atoms with E-state index >= 15 is 0 Å². The molecule has 7 aromatic rings. The predicted octanol–water partition coefficient (Wildman–Crippen LogP) is 1.26. The van der Waals surface area contributed by atoms with Gasteiger partial charge in [-0.1, -0.05) is 54.6 Å². The van der Waals surface area contributed by atoms with Crippen molar-refractivity contribution in [3.63, 3.8) is 0 Å². The fraction of sp³-hybridized carbons (Fsp3) is 0.312. The Hall–Kier alpha value is -3.45. The van der Waals surface area contributed by atoms with Crippen LogP contribution in [0.25, 0.3) is 32.7 Å². The molecule has 0 aliphatic carbocycles. The summed E-state index contributed by atoms with van der Waals surface area (Å²) in [5.41, 5.74) is 8.63. The maximum atomic E-state index is 2.53. The number of benzene rings is 4. The third-order valence-corrected chi connectivity index (χ3v) is 10.6. The van der Waals surface area contributed by atoms with Gasteiger partial charge in [0.25, 0.3) is 0 Å². The Morgan fingerprint density at radius 2 is 0.574 bits per heavy atom. The molecule has 0 N–H and O–H groups in total. The standard InChI is InChI=1S/C48H54N3.3BrH/c1(13-31-49-34-16-25-43-22-7-10-28-46(43)49)4-19-40-37-41(20-5-2-14-32-50-35-17-26-44-23-8-11-29-47(44)50)39-42(38-40)21-6-3-15-33-51-36-18-27-45-24-9-12-30-48(45)51;;;/h7-12,16-18,22-30,34-39H,1-6,13-15,19-21,31-33H2;3*1H/q+3;;;/p-3. The zero-order chi connectivity index (χ0) is 34.5. The van der Waals surface area contributed by atoms with E-state index < -0.39 is 0 Å². The van der Waals surface area contributed by atoms with Gasteiger partial charge in [-0.15, -0.1) is 0 Å². The molecule has 6 heteroatoms. The van der Waals surface area contributed by atoms with Crippen LogP contribution in [0.4, 0.5) is 0 Å². The molecular formula is C48H54Br3N3. The molecule has 3 aromatic heterocycles. The van der Waals surface area contributed by atoms with E-state index in [0.29, 0.717) is 0 Å². The number of pyridine rings is 3. The molecule has 0 saturated carbocycles. The van der Waals surface area contributed by atoms with Gasteiger partial charge in [0.2, 0.25) is 16.6 Å². The van der Waals surface area contributed by atoms with Crippen LogP contribution < -0.4 is 64.6 Å². The number of aromatic nitrogens is 3. The van der Waals surface area contributed by atoms with Crippen molar-refractivity contribution < 1.29 is 64.6 Å². The molecule has 0 atom stereocenters. The Morgan fingerprint density at radius 1 is 0.296 bits per heavy atom. The van der Waals surface area contributed by atoms with Gasteiger partial charge in [0.05, 0.1) is 0 Å². The van der Waals surface area contributed by atoms with Crippen molar-refractivity contribution in [2.45, 2.75) is 96.7 Å². The van der Waals surface area contributed by atoms with E-state index in [1.165, 1.54) is 126 Å². The van der Waals surface area contributed by atoms with Crippen LogP contribution in [0.2, 0.25) is 0 Å². The van der Waals surface area contributed by atoms with Gasteiger partial charge in [-0.05, 0) is 111 Å². The number of nitrogens with zero attached hydrogens (tertiary/aromatic N) is 3. The van der Waals surface area contributed by atoms with E-state index in [9.17, 15) is 0 Å². The predicted molar refractivity (Wildman–Crippen MR) is 212 cm³/mol. The van der Waals surface area contributed by atoms with Gasteiger partial charge < -0.3 is 50.9 Å². The van der Waals surface area contributed by atoms with Gasteiger partial charge >= 0.3 is 0 Å². The van der Waals surface area contributed by atoms with Gasteiger partial charge in [-0.2, -0.15) is 13.7 Å². The number of rotatable bonds is 18. The van der Waals surface area contributed by atoms with Crippen molar-refractivity contribution in [3.05, 3.63) is 163 Å². The zero-order valence-electron chi connectivity index (χ0n) is 31.4. The lowest BCUT2D eigenvalue weighted by molar-refractivity contribution is -0.672. The van der Waals surface area contributed by atoms with Crippen molar-refractivity contribution in [1.29, 1.82) is 0 Å². The molecule has 0 fully saturated rings. The molecule has 0 aliphatic heterocycles. The molecule has 54 heavy (non-hydrogen) atoms. The van der Waals surface area contributed by atoms with Crippen molar-refractivity contribution in [2.24, 2.45) is 0 Å². The maximum absolute atomic E-state index is 2.53. The molecule has 0 aliphatic rings. The Balaban J connectivity index is 0.00000217. The summed E-state index contributed by atoms with van der Waals surface area (Å²) in [5.74, 6) is 0. The summed E-state index contributed by atoms with van der Waals surface area (Å²) in [4.78, 5) is 0. The second kappa shape index (κ2) is 22.8. The Morgan fingerprint density at radius 3 is 0.889 bits per heavy atom. The molecular weight excluding hydrogens is 858 g/mol. The molecule has 0 amide bonds. The molecule has 3 heterocycles. The summed E-state index contributed by atoms with van der Waals surface area (Å²) in [6, 6.07) is 47.0. The lowest BCUT2D eigenvalue weighted by Crippen LogP contribution is -3.00. The summed E-state index contributed by atoms with van der Waals surface area (Å²) in [6.07, 6.45) is 21.4. The van der Waals surface area contributed by atoms with Gasteiger partial charge in [-0.25, -0.2) is 0 Å². The average molecular weight is 913 g/mol. The van der Waals surface area contributed by atoms with E-state index in [4.69, 9.17) is 0 Å². The lowest BCUT2D eigenvalue weighted by Gasteiger charge is -2.11. The largest absolute Gasteiger partial charge is 1.00 e. The highest BCUT2D eigenvalue weighted by Crippen LogP contribution is 2.19. The van der Waals surface area contributed by atoms with E-state index in [-0.39, 0.29) is 50.9 Å². The second-order valence-electron chi connectivity index (χ2n) is 14.4. The van der Waals surface area contributed by atoms with Crippen LogP contribution in [-0.2, 0) is 38.9 Å². The normalized spacial score (nSPS) is 10.9. The van der Waals surface area contributed by atoms with Crippen molar-refractivity contribution in [3.8, 4) is 0 Å². The number of hydrogen-bond acceptors (Lipinski definition) is 0. The average Bonchev–Trinajstić information content (AvgIpc) is 3.17. The van der Waals surface area contributed by atoms with Crippen molar-refractivity contribution in [2.75, 3.05) is 0 Å². The first-order valence-corrected chi connectivity index (χ1v) is 19.5. The van der Waals surface area contributed by atoms with Gasteiger partial charge in [0.15, 0.2) is 18.6 Å². The third kappa shape index (κ3) is 12.0. The Labute approximate surface area is 354 Å². The highest BCUT2D eigenvalue weighted by atomic mass is 79.9. The van der Waals surface area contributed by atoms with Crippen LogP contribution in [0.3, 0.4) is 0 Å². The van der Waals surface area contributed by atoms with E-state index in [2.05, 4.69) is 160 Å². The fourth-order valence-corrected chi connectivity index (χ4v) is 7.88. The minimum atomic E-state index is 0. The number of unbranched alkanes of at least 4 members (excludes halogenated alkanes) is 6. The quantitative estimate of drug-likeness (QED) is 0.0910. The van der Waals surface area contributed by atoms with Crippen molar-refractivity contribution in [1.82, 2.24) is 0 Å². The van der Waals surface area contributed by atoms with Crippen LogP contribution in [-0.4, -0.2) is 0 Å². The van der Waals surface area contributed by atoms with Crippen molar-refractivity contribution >= 4 is 32.7 Å². The lowest BCUT2D eigenvalue weighted by atomic mass is 9.95.